The van der Waals surface area contributed by atoms with Gasteiger partial charge in [0.2, 0.25) is 0 Å². The topological polar surface area (TPSA) is 73.3 Å². The summed E-state index contributed by atoms with van der Waals surface area (Å²) in [6.07, 6.45) is 3.29. The van der Waals surface area contributed by atoms with Crippen molar-refractivity contribution in [3.63, 3.8) is 0 Å². The van der Waals surface area contributed by atoms with Crippen LogP contribution >= 0.6 is 15.9 Å². The molecule has 1 aromatic carbocycles. The summed E-state index contributed by atoms with van der Waals surface area (Å²) in [6.45, 7) is 0. The fourth-order valence-electron chi connectivity index (χ4n) is 1.86. The van der Waals surface area contributed by atoms with E-state index in [2.05, 4.69) is 26.0 Å². The lowest BCUT2D eigenvalue weighted by molar-refractivity contribution is -0.384. The highest BCUT2D eigenvalue weighted by Crippen LogP contribution is 2.25. The third kappa shape index (κ3) is 1.97. The summed E-state index contributed by atoms with van der Waals surface area (Å²) in [6, 6.07) is 8.20. The molecule has 6 nitrogen and oxygen atoms in total. The van der Waals surface area contributed by atoms with E-state index < -0.39 is 4.92 Å². The van der Waals surface area contributed by atoms with E-state index in [4.69, 9.17) is 0 Å². The van der Waals surface area contributed by atoms with Crippen LogP contribution in [0.25, 0.3) is 16.9 Å². The van der Waals surface area contributed by atoms with Gasteiger partial charge in [-0.25, -0.2) is 9.50 Å². The number of halogens is 1. The standard InChI is InChI=1S/C12H7BrN4O2/c13-10-7-15-16-11(4-5-14-12(10)16)8-2-1-3-9(6-8)17(18)19/h1-7H. The van der Waals surface area contributed by atoms with Crippen LogP contribution in [-0.2, 0) is 0 Å². The molecule has 0 atom stereocenters. The van der Waals surface area contributed by atoms with Crippen LogP contribution in [-0.4, -0.2) is 19.5 Å². The zero-order valence-corrected chi connectivity index (χ0v) is 11.1. The Kier molecular flexibility index (Phi) is 2.75. The monoisotopic (exact) mass is 318 g/mol. The molecule has 2 heterocycles. The molecule has 0 amide bonds. The Hall–Kier alpha value is -2.28. The van der Waals surface area contributed by atoms with Crippen molar-refractivity contribution < 1.29 is 4.92 Å². The van der Waals surface area contributed by atoms with Gasteiger partial charge in [-0.3, -0.25) is 10.1 Å². The van der Waals surface area contributed by atoms with Crippen LogP contribution < -0.4 is 0 Å². The van der Waals surface area contributed by atoms with Gasteiger partial charge in [0.15, 0.2) is 5.65 Å². The van der Waals surface area contributed by atoms with Gasteiger partial charge >= 0.3 is 0 Å². The number of rotatable bonds is 2. The number of hydrogen-bond acceptors (Lipinski definition) is 4. The molecule has 0 saturated heterocycles. The summed E-state index contributed by atoms with van der Waals surface area (Å²) in [5, 5.41) is 15.0. The van der Waals surface area contributed by atoms with E-state index in [-0.39, 0.29) is 5.69 Å². The van der Waals surface area contributed by atoms with Crippen LogP contribution in [0.4, 0.5) is 5.69 Å². The third-order valence-corrected chi connectivity index (χ3v) is 3.27. The molecular weight excluding hydrogens is 312 g/mol. The van der Waals surface area contributed by atoms with E-state index in [9.17, 15) is 10.1 Å². The van der Waals surface area contributed by atoms with Gasteiger partial charge < -0.3 is 0 Å². The molecule has 94 valence electrons. The maximum absolute atomic E-state index is 10.8. The molecule has 0 unspecified atom stereocenters. The Labute approximate surface area is 116 Å². The van der Waals surface area contributed by atoms with E-state index in [0.717, 1.165) is 15.7 Å². The molecule has 0 aliphatic carbocycles. The summed E-state index contributed by atoms with van der Waals surface area (Å²) in [5.74, 6) is 0. The highest BCUT2D eigenvalue weighted by molar-refractivity contribution is 9.10. The fraction of sp³-hybridized carbons (Fsp3) is 0. The number of nitro benzene ring substituents is 1. The minimum atomic E-state index is -0.416. The first-order chi connectivity index (χ1) is 9.16. The molecule has 0 aliphatic heterocycles. The first-order valence-electron chi connectivity index (χ1n) is 5.40. The molecule has 2 aromatic heterocycles. The molecule has 0 aliphatic rings. The lowest BCUT2D eigenvalue weighted by Gasteiger charge is -2.04. The number of hydrogen-bond donors (Lipinski definition) is 0. The normalized spacial score (nSPS) is 10.8. The second-order valence-corrected chi connectivity index (χ2v) is 4.72. The van der Waals surface area contributed by atoms with Crippen molar-refractivity contribution in [3.8, 4) is 11.3 Å². The Morgan fingerprint density at radius 3 is 2.95 bits per heavy atom. The fourth-order valence-corrected chi connectivity index (χ4v) is 2.22. The average molecular weight is 319 g/mol. The molecule has 0 bridgehead atoms. The average Bonchev–Trinajstić information content (AvgIpc) is 2.81. The molecule has 0 saturated carbocycles. The number of fused-ring (bicyclic) bond motifs is 1. The van der Waals surface area contributed by atoms with Crippen LogP contribution in [0.1, 0.15) is 0 Å². The first-order valence-corrected chi connectivity index (χ1v) is 6.19. The molecule has 19 heavy (non-hydrogen) atoms. The predicted molar refractivity (Wildman–Crippen MR) is 72.8 cm³/mol. The number of non-ortho nitro benzene ring substituents is 1. The van der Waals surface area contributed by atoms with E-state index in [0.29, 0.717) is 5.65 Å². The van der Waals surface area contributed by atoms with Crippen LogP contribution in [0.3, 0.4) is 0 Å². The number of nitro groups is 1. The Balaban J connectivity index is 2.24. The Morgan fingerprint density at radius 2 is 2.16 bits per heavy atom. The summed E-state index contributed by atoms with van der Waals surface area (Å²) in [5.41, 5.74) is 2.19. The van der Waals surface area contributed by atoms with Crippen LogP contribution in [0.5, 0.6) is 0 Å². The zero-order chi connectivity index (χ0) is 13.4. The van der Waals surface area contributed by atoms with Crippen molar-refractivity contribution in [2.75, 3.05) is 0 Å². The van der Waals surface area contributed by atoms with Crippen molar-refractivity contribution in [2.24, 2.45) is 0 Å². The Morgan fingerprint density at radius 1 is 1.32 bits per heavy atom. The quantitative estimate of drug-likeness (QED) is 0.537. The smallest absolute Gasteiger partial charge is 0.258 e. The predicted octanol–water partition coefficient (Wildman–Crippen LogP) is 3.07. The number of nitrogens with zero attached hydrogens (tertiary/aromatic N) is 4. The lowest BCUT2D eigenvalue weighted by atomic mass is 10.1. The molecule has 0 N–H and O–H groups in total. The van der Waals surface area contributed by atoms with Gasteiger partial charge in [-0.05, 0) is 22.0 Å². The molecule has 7 heteroatoms. The van der Waals surface area contributed by atoms with Gasteiger partial charge in [0, 0.05) is 23.9 Å². The van der Waals surface area contributed by atoms with Crippen molar-refractivity contribution >= 4 is 27.3 Å². The third-order valence-electron chi connectivity index (χ3n) is 2.71. The van der Waals surface area contributed by atoms with E-state index in [1.807, 2.05) is 0 Å². The van der Waals surface area contributed by atoms with E-state index >= 15 is 0 Å². The summed E-state index contributed by atoms with van der Waals surface area (Å²) < 4.78 is 2.42. The lowest BCUT2D eigenvalue weighted by Crippen LogP contribution is -1.96. The molecule has 0 fully saturated rings. The van der Waals surface area contributed by atoms with Crippen LogP contribution in [0.15, 0.2) is 47.2 Å². The highest BCUT2D eigenvalue weighted by Gasteiger charge is 2.11. The van der Waals surface area contributed by atoms with Gasteiger partial charge in [-0.15, -0.1) is 0 Å². The van der Waals surface area contributed by atoms with Crippen molar-refractivity contribution in [2.45, 2.75) is 0 Å². The molecule has 3 aromatic rings. The maximum atomic E-state index is 10.8. The summed E-state index contributed by atoms with van der Waals surface area (Å²) >= 11 is 3.36. The minimum Gasteiger partial charge on any atom is -0.258 e. The van der Waals surface area contributed by atoms with Gasteiger partial charge in [0.1, 0.15) is 0 Å². The zero-order valence-electron chi connectivity index (χ0n) is 9.52. The SMILES string of the molecule is O=[N+]([O-])c1cccc(-c2ccnc3c(Br)cnn23)c1. The second kappa shape index (κ2) is 4.43. The largest absolute Gasteiger partial charge is 0.270 e. The van der Waals surface area contributed by atoms with Crippen LogP contribution in [0.2, 0.25) is 0 Å². The van der Waals surface area contributed by atoms with E-state index in [1.54, 1.807) is 35.1 Å². The van der Waals surface area contributed by atoms with Gasteiger partial charge in [-0.2, -0.15) is 5.10 Å². The number of aromatic nitrogens is 3. The van der Waals surface area contributed by atoms with Crippen LogP contribution in [0, 0.1) is 10.1 Å². The van der Waals surface area contributed by atoms with Crippen molar-refractivity contribution in [3.05, 3.63) is 57.3 Å². The van der Waals surface area contributed by atoms with Gasteiger partial charge in [-0.1, -0.05) is 12.1 Å². The maximum Gasteiger partial charge on any atom is 0.270 e. The van der Waals surface area contributed by atoms with Crippen molar-refractivity contribution in [1.82, 2.24) is 14.6 Å². The first kappa shape index (κ1) is 11.8. The van der Waals surface area contributed by atoms with E-state index in [1.165, 1.54) is 12.1 Å². The minimum absolute atomic E-state index is 0.0497. The molecule has 3 rings (SSSR count). The summed E-state index contributed by atoms with van der Waals surface area (Å²) in [7, 11) is 0. The molecular formula is C12H7BrN4O2. The molecule has 0 spiro atoms. The Bertz CT molecular complexity index is 784. The second-order valence-electron chi connectivity index (χ2n) is 3.87. The number of benzene rings is 1. The molecule has 0 radical (unpaired) electrons. The highest BCUT2D eigenvalue weighted by atomic mass is 79.9. The van der Waals surface area contributed by atoms with Crippen molar-refractivity contribution in [1.29, 1.82) is 0 Å². The summed E-state index contributed by atoms with van der Waals surface area (Å²) in [4.78, 5) is 14.6. The van der Waals surface area contributed by atoms with Gasteiger partial charge in [0.25, 0.3) is 5.69 Å². The van der Waals surface area contributed by atoms with Gasteiger partial charge in [0.05, 0.1) is 21.3 Å².